The van der Waals surface area contributed by atoms with Gasteiger partial charge in [-0.25, -0.2) is 4.98 Å². The van der Waals surface area contributed by atoms with E-state index < -0.39 is 0 Å². The van der Waals surface area contributed by atoms with Gasteiger partial charge in [-0.2, -0.15) is 0 Å². The van der Waals surface area contributed by atoms with Gasteiger partial charge in [0.2, 0.25) is 0 Å². The monoisotopic (exact) mass is 395 g/mol. The zero-order chi connectivity index (χ0) is 17.8. The van der Waals surface area contributed by atoms with E-state index in [1.54, 1.807) is 6.20 Å². The van der Waals surface area contributed by atoms with Gasteiger partial charge in [0.1, 0.15) is 5.82 Å². The van der Waals surface area contributed by atoms with Crippen molar-refractivity contribution >= 4 is 39.0 Å². The fourth-order valence-electron chi connectivity index (χ4n) is 2.43. The number of hydrogen-bond donors (Lipinski definition) is 2. The molecule has 0 bridgehead atoms. The molecule has 1 amide bonds. The topological polar surface area (TPSA) is 54.0 Å². The van der Waals surface area contributed by atoms with Gasteiger partial charge in [-0.05, 0) is 71.2 Å². The van der Waals surface area contributed by atoms with Crippen LogP contribution in [0, 0.1) is 13.8 Å². The molecule has 0 saturated heterocycles. The second-order valence-corrected chi connectivity index (χ2v) is 6.66. The van der Waals surface area contributed by atoms with Crippen molar-refractivity contribution in [2.45, 2.75) is 13.8 Å². The molecular weight excluding hydrogens is 378 g/mol. The van der Waals surface area contributed by atoms with Crippen LogP contribution in [0.15, 0.2) is 65.3 Å². The average Bonchev–Trinajstić information content (AvgIpc) is 2.59. The summed E-state index contributed by atoms with van der Waals surface area (Å²) in [5, 5.41) is 6.12. The predicted molar refractivity (Wildman–Crippen MR) is 106 cm³/mol. The summed E-state index contributed by atoms with van der Waals surface area (Å²) in [6.07, 6.45) is 1.64. The fraction of sp³-hybridized carbons (Fsp3) is 0.100. The Morgan fingerprint density at radius 2 is 1.84 bits per heavy atom. The summed E-state index contributed by atoms with van der Waals surface area (Å²) in [5.41, 5.74) is 4.37. The maximum atomic E-state index is 12.3. The molecule has 3 aromatic rings. The van der Waals surface area contributed by atoms with Gasteiger partial charge in [0.25, 0.3) is 5.91 Å². The first-order chi connectivity index (χ1) is 12.0. The van der Waals surface area contributed by atoms with Crippen LogP contribution in [0.5, 0.6) is 0 Å². The van der Waals surface area contributed by atoms with Gasteiger partial charge >= 0.3 is 0 Å². The van der Waals surface area contributed by atoms with E-state index in [0.717, 1.165) is 15.7 Å². The zero-order valence-corrected chi connectivity index (χ0v) is 15.6. The maximum absolute atomic E-state index is 12.3. The van der Waals surface area contributed by atoms with E-state index in [4.69, 9.17) is 0 Å². The Labute approximate surface area is 155 Å². The molecule has 1 heterocycles. The third-order valence-electron chi connectivity index (χ3n) is 3.80. The van der Waals surface area contributed by atoms with Gasteiger partial charge < -0.3 is 10.6 Å². The van der Waals surface area contributed by atoms with Gasteiger partial charge in [0.15, 0.2) is 0 Å². The Morgan fingerprint density at radius 1 is 1.04 bits per heavy atom. The number of pyridine rings is 1. The summed E-state index contributed by atoms with van der Waals surface area (Å²) in [6.45, 7) is 3.96. The maximum Gasteiger partial charge on any atom is 0.255 e. The Bertz CT molecular complexity index is 907. The van der Waals surface area contributed by atoms with Crippen molar-refractivity contribution < 1.29 is 4.79 Å². The first-order valence-electron chi connectivity index (χ1n) is 7.89. The molecule has 5 heteroatoms. The van der Waals surface area contributed by atoms with Crippen LogP contribution < -0.4 is 10.6 Å². The van der Waals surface area contributed by atoms with Crippen molar-refractivity contribution in [1.82, 2.24) is 4.98 Å². The molecule has 0 radical (unpaired) electrons. The number of aryl methyl sites for hydroxylation is 2. The molecule has 0 aliphatic heterocycles. The Kier molecular flexibility index (Phi) is 5.14. The lowest BCUT2D eigenvalue weighted by Crippen LogP contribution is -2.13. The first kappa shape index (κ1) is 17.2. The SMILES string of the molecule is Cc1ccc(Nc2ccc(NC(=O)c3ccccc3C)cn2)c(Br)c1. The lowest BCUT2D eigenvalue weighted by Gasteiger charge is -2.10. The molecule has 0 atom stereocenters. The van der Waals surface area contributed by atoms with E-state index in [1.807, 2.05) is 68.4 Å². The Morgan fingerprint density at radius 3 is 2.52 bits per heavy atom. The van der Waals surface area contributed by atoms with E-state index in [1.165, 1.54) is 5.56 Å². The number of carbonyl (C=O) groups is 1. The van der Waals surface area contributed by atoms with Gasteiger partial charge in [0.05, 0.1) is 17.6 Å². The molecule has 25 heavy (non-hydrogen) atoms. The van der Waals surface area contributed by atoms with Crippen LogP contribution in [0.1, 0.15) is 21.5 Å². The molecule has 2 N–H and O–H groups in total. The van der Waals surface area contributed by atoms with Crippen LogP contribution in [0.25, 0.3) is 0 Å². The van der Waals surface area contributed by atoms with Gasteiger partial charge in [0, 0.05) is 10.0 Å². The number of amides is 1. The van der Waals surface area contributed by atoms with Gasteiger partial charge in [-0.15, -0.1) is 0 Å². The second kappa shape index (κ2) is 7.49. The summed E-state index contributed by atoms with van der Waals surface area (Å²) >= 11 is 3.54. The largest absolute Gasteiger partial charge is 0.339 e. The van der Waals surface area contributed by atoms with E-state index >= 15 is 0 Å². The molecule has 0 unspecified atom stereocenters. The standard InChI is InChI=1S/C20H18BrN3O/c1-13-7-9-18(17(21)11-13)24-19-10-8-15(12-22-19)23-20(25)16-6-4-3-5-14(16)2/h3-12H,1-2H3,(H,22,24)(H,23,25). The molecule has 4 nitrogen and oxygen atoms in total. The first-order valence-corrected chi connectivity index (χ1v) is 8.68. The molecule has 0 aliphatic rings. The fourth-order valence-corrected chi connectivity index (χ4v) is 3.02. The third kappa shape index (κ3) is 4.25. The van der Waals surface area contributed by atoms with E-state index in [-0.39, 0.29) is 5.91 Å². The summed E-state index contributed by atoms with van der Waals surface area (Å²) in [5.74, 6) is 0.570. The van der Waals surface area contributed by atoms with Crippen molar-refractivity contribution in [3.8, 4) is 0 Å². The Balaban J connectivity index is 1.70. The van der Waals surface area contributed by atoms with Crippen LogP contribution in [0.4, 0.5) is 17.2 Å². The molecule has 1 aromatic heterocycles. The molecule has 0 saturated carbocycles. The summed E-state index contributed by atoms with van der Waals surface area (Å²) in [6, 6.07) is 17.2. The predicted octanol–water partition coefficient (Wildman–Crippen LogP) is 5.46. The minimum absolute atomic E-state index is 0.137. The second-order valence-electron chi connectivity index (χ2n) is 5.81. The number of aromatic nitrogens is 1. The summed E-state index contributed by atoms with van der Waals surface area (Å²) in [7, 11) is 0. The highest BCUT2D eigenvalue weighted by atomic mass is 79.9. The van der Waals surface area contributed by atoms with Gasteiger partial charge in [-0.3, -0.25) is 4.79 Å². The lowest BCUT2D eigenvalue weighted by atomic mass is 10.1. The minimum atomic E-state index is -0.137. The molecule has 0 fully saturated rings. The number of carbonyl (C=O) groups excluding carboxylic acids is 1. The van der Waals surface area contributed by atoms with Crippen molar-refractivity contribution in [3.05, 3.63) is 82.0 Å². The van der Waals surface area contributed by atoms with Crippen LogP contribution in [-0.2, 0) is 0 Å². The quantitative estimate of drug-likeness (QED) is 0.616. The highest BCUT2D eigenvalue weighted by Crippen LogP contribution is 2.26. The number of halogens is 1. The highest BCUT2D eigenvalue weighted by Gasteiger charge is 2.09. The molecular formula is C20H18BrN3O. The van der Waals surface area contributed by atoms with E-state index in [2.05, 4.69) is 31.5 Å². The number of rotatable bonds is 4. The smallest absolute Gasteiger partial charge is 0.255 e. The average molecular weight is 396 g/mol. The highest BCUT2D eigenvalue weighted by molar-refractivity contribution is 9.10. The van der Waals surface area contributed by atoms with Crippen molar-refractivity contribution in [2.24, 2.45) is 0 Å². The molecule has 2 aromatic carbocycles. The normalized spacial score (nSPS) is 10.4. The third-order valence-corrected chi connectivity index (χ3v) is 4.45. The van der Waals surface area contributed by atoms with Crippen LogP contribution in [0.2, 0.25) is 0 Å². The lowest BCUT2D eigenvalue weighted by molar-refractivity contribution is 0.102. The zero-order valence-electron chi connectivity index (χ0n) is 14.0. The van der Waals surface area contributed by atoms with Crippen molar-refractivity contribution in [1.29, 1.82) is 0 Å². The molecule has 0 aliphatic carbocycles. The number of nitrogens with one attached hydrogen (secondary N) is 2. The number of nitrogens with zero attached hydrogens (tertiary/aromatic N) is 1. The van der Waals surface area contributed by atoms with E-state index in [9.17, 15) is 4.79 Å². The van der Waals surface area contributed by atoms with Crippen LogP contribution >= 0.6 is 15.9 Å². The number of benzene rings is 2. The van der Waals surface area contributed by atoms with Crippen molar-refractivity contribution in [3.63, 3.8) is 0 Å². The van der Waals surface area contributed by atoms with Crippen LogP contribution in [0.3, 0.4) is 0 Å². The Hall–Kier alpha value is -2.66. The molecule has 0 spiro atoms. The summed E-state index contributed by atoms with van der Waals surface area (Å²) < 4.78 is 0.978. The molecule has 126 valence electrons. The number of hydrogen-bond acceptors (Lipinski definition) is 3. The minimum Gasteiger partial charge on any atom is -0.339 e. The van der Waals surface area contributed by atoms with Crippen molar-refractivity contribution in [2.75, 3.05) is 10.6 Å². The van der Waals surface area contributed by atoms with E-state index in [0.29, 0.717) is 17.1 Å². The van der Waals surface area contributed by atoms with Gasteiger partial charge in [-0.1, -0.05) is 24.3 Å². The number of anilines is 3. The summed E-state index contributed by atoms with van der Waals surface area (Å²) in [4.78, 5) is 16.7. The van der Waals surface area contributed by atoms with Crippen LogP contribution in [-0.4, -0.2) is 10.9 Å². The molecule has 3 rings (SSSR count).